The van der Waals surface area contributed by atoms with Gasteiger partial charge in [0.1, 0.15) is 11.5 Å². The van der Waals surface area contributed by atoms with Crippen molar-refractivity contribution in [1.82, 2.24) is 19.5 Å². The Morgan fingerprint density at radius 1 is 1.12 bits per heavy atom. The van der Waals surface area contributed by atoms with E-state index in [0.717, 1.165) is 16.6 Å². The zero-order valence-electron chi connectivity index (χ0n) is 14.0. The number of carbonyl (C=O) groups is 1. The summed E-state index contributed by atoms with van der Waals surface area (Å²) in [5, 5.41) is 4.08. The van der Waals surface area contributed by atoms with E-state index >= 15 is 0 Å². The quantitative estimate of drug-likeness (QED) is 0.593. The van der Waals surface area contributed by atoms with Gasteiger partial charge in [0.25, 0.3) is 5.91 Å². The molecule has 0 fully saturated rings. The second kappa shape index (κ2) is 6.29. The van der Waals surface area contributed by atoms with Crippen LogP contribution >= 0.6 is 0 Å². The third-order valence-electron chi connectivity index (χ3n) is 4.09. The highest BCUT2D eigenvalue weighted by atomic mass is 16.1. The van der Waals surface area contributed by atoms with Crippen LogP contribution in [0.2, 0.25) is 0 Å². The highest BCUT2D eigenvalue weighted by Gasteiger charge is 2.14. The minimum Gasteiger partial charge on any atom is -0.366 e. The maximum Gasteiger partial charge on any atom is 0.250 e. The molecule has 0 saturated carbocycles. The summed E-state index contributed by atoms with van der Waals surface area (Å²) < 4.78 is 1.92. The third kappa shape index (κ3) is 2.75. The Kier molecular flexibility index (Phi) is 3.81. The number of hydrogen-bond donors (Lipinski definition) is 2. The van der Waals surface area contributed by atoms with Gasteiger partial charge < -0.3 is 15.6 Å². The Labute approximate surface area is 149 Å². The lowest BCUT2D eigenvalue weighted by atomic mass is 10.1. The average molecular weight is 344 g/mol. The number of rotatable bonds is 4. The van der Waals surface area contributed by atoms with Crippen molar-refractivity contribution in [3.8, 4) is 11.4 Å². The van der Waals surface area contributed by atoms with Crippen molar-refractivity contribution < 1.29 is 4.79 Å². The Hall–Kier alpha value is -3.74. The highest BCUT2D eigenvalue weighted by molar-refractivity contribution is 6.00. The van der Waals surface area contributed by atoms with E-state index < -0.39 is 5.91 Å². The summed E-state index contributed by atoms with van der Waals surface area (Å²) in [4.78, 5) is 25.1. The smallest absolute Gasteiger partial charge is 0.250 e. The standard InChI is InChI=1S/C19H16N6O/c1-25-10-8-14-18(22-15-7-3-2-6-13(15)16(20)26)23-17(24-19(14)25)12-5-4-9-21-11-12/h2-11H,1H3,(H2,20,26)(H,22,23,24). The van der Waals surface area contributed by atoms with Gasteiger partial charge in [-0.05, 0) is 30.3 Å². The maximum atomic E-state index is 11.7. The van der Waals surface area contributed by atoms with Crippen molar-refractivity contribution in [2.75, 3.05) is 5.32 Å². The van der Waals surface area contributed by atoms with Crippen LogP contribution < -0.4 is 11.1 Å². The Balaban J connectivity index is 1.88. The van der Waals surface area contributed by atoms with E-state index in [1.807, 2.05) is 42.1 Å². The number of nitrogens with two attached hydrogens (primary N) is 1. The molecule has 4 aromatic rings. The first-order valence-electron chi connectivity index (χ1n) is 8.03. The molecule has 0 aliphatic heterocycles. The molecule has 128 valence electrons. The molecule has 0 bridgehead atoms. The van der Waals surface area contributed by atoms with Crippen LogP contribution in [0.5, 0.6) is 0 Å². The van der Waals surface area contributed by atoms with Gasteiger partial charge in [-0.15, -0.1) is 0 Å². The van der Waals surface area contributed by atoms with Crippen LogP contribution in [-0.2, 0) is 7.05 Å². The molecule has 0 aliphatic carbocycles. The minimum absolute atomic E-state index is 0.401. The van der Waals surface area contributed by atoms with Crippen LogP contribution in [0.15, 0.2) is 61.1 Å². The van der Waals surface area contributed by atoms with E-state index in [9.17, 15) is 4.79 Å². The number of aromatic nitrogens is 4. The number of carbonyl (C=O) groups excluding carboxylic acids is 1. The summed E-state index contributed by atoms with van der Waals surface area (Å²) in [5.74, 6) is 0.647. The topological polar surface area (TPSA) is 98.7 Å². The molecule has 0 saturated heterocycles. The van der Waals surface area contributed by atoms with E-state index in [4.69, 9.17) is 5.73 Å². The fraction of sp³-hybridized carbons (Fsp3) is 0.0526. The first kappa shape index (κ1) is 15.8. The largest absolute Gasteiger partial charge is 0.366 e. The molecular weight excluding hydrogens is 328 g/mol. The van der Waals surface area contributed by atoms with Crippen molar-refractivity contribution in [3.63, 3.8) is 0 Å². The number of pyridine rings is 1. The van der Waals surface area contributed by atoms with Crippen molar-refractivity contribution in [3.05, 3.63) is 66.6 Å². The fourth-order valence-corrected chi connectivity index (χ4v) is 2.79. The first-order chi connectivity index (χ1) is 12.6. The summed E-state index contributed by atoms with van der Waals surface area (Å²) >= 11 is 0. The molecule has 1 aromatic carbocycles. The monoisotopic (exact) mass is 344 g/mol. The van der Waals surface area contributed by atoms with E-state index in [1.54, 1.807) is 30.6 Å². The number of nitrogens with zero attached hydrogens (tertiary/aromatic N) is 4. The van der Waals surface area contributed by atoms with Gasteiger partial charge in [0.2, 0.25) is 0 Å². The number of para-hydroxylation sites is 1. The fourth-order valence-electron chi connectivity index (χ4n) is 2.79. The molecule has 7 nitrogen and oxygen atoms in total. The van der Waals surface area contributed by atoms with Gasteiger partial charge in [-0.3, -0.25) is 9.78 Å². The molecule has 1 amide bonds. The Morgan fingerprint density at radius 3 is 2.73 bits per heavy atom. The average Bonchev–Trinajstić information content (AvgIpc) is 3.04. The van der Waals surface area contributed by atoms with Crippen LogP contribution in [-0.4, -0.2) is 25.4 Å². The lowest BCUT2D eigenvalue weighted by Gasteiger charge is -2.12. The summed E-state index contributed by atoms with van der Waals surface area (Å²) in [5.41, 5.74) is 8.06. The molecule has 4 rings (SSSR count). The number of nitrogens with one attached hydrogen (secondary N) is 1. The van der Waals surface area contributed by atoms with Crippen LogP contribution in [0.3, 0.4) is 0 Å². The number of primary amides is 1. The maximum absolute atomic E-state index is 11.7. The van der Waals surface area contributed by atoms with Crippen molar-refractivity contribution in [2.45, 2.75) is 0 Å². The second-order valence-corrected chi connectivity index (χ2v) is 5.84. The number of benzene rings is 1. The molecule has 3 heterocycles. The molecule has 7 heteroatoms. The minimum atomic E-state index is -0.501. The number of amides is 1. The third-order valence-corrected chi connectivity index (χ3v) is 4.09. The lowest BCUT2D eigenvalue weighted by Crippen LogP contribution is -2.13. The summed E-state index contributed by atoms with van der Waals surface area (Å²) in [6.07, 6.45) is 5.33. The number of fused-ring (bicyclic) bond motifs is 1. The van der Waals surface area contributed by atoms with Gasteiger partial charge in [-0.1, -0.05) is 12.1 Å². The van der Waals surface area contributed by atoms with Crippen LogP contribution in [0.25, 0.3) is 22.4 Å². The van der Waals surface area contributed by atoms with Gasteiger partial charge in [-0.2, -0.15) is 0 Å². The second-order valence-electron chi connectivity index (χ2n) is 5.84. The van der Waals surface area contributed by atoms with Gasteiger partial charge in [0.15, 0.2) is 5.82 Å². The van der Waals surface area contributed by atoms with Crippen molar-refractivity contribution in [1.29, 1.82) is 0 Å². The van der Waals surface area contributed by atoms with Gasteiger partial charge in [0.05, 0.1) is 16.6 Å². The van der Waals surface area contributed by atoms with Crippen molar-refractivity contribution >= 4 is 28.4 Å². The SMILES string of the molecule is Cn1ccc2c(Nc3ccccc3C(N)=O)nc(-c3cccnc3)nc21. The Bertz CT molecular complexity index is 1100. The molecule has 3 N–H and O–H groups in total. The Morgan fingerprint density at radius 2 is 1.96 bits per heavy atom. The lowest BCUT2D eigenvalue weighted by molar-refractivity contribution is 0.100. The van der Waals surface area contributed by atoms with Gasteiger partial charge in [0, 0.05) is 31.2 Å². The van der Waals surface area contributed by atoms with Gasteiger partial charge in [-0.25, -0.2) is 9.97 Å². The van der Waals surface area contributed by atoms with E-state index in [0.29, 0.717) is 22.9 Å². The predicted molar refractivity (Wildman–Crippen MR) is 100.0 cm³/mol. The molecule has 0 spiro atoms. The van der Waals surface area contributed by atoms with Crippen molar-refractivity contribution in [2.24, 2.45) is 12.8 Å². The molecule has 0 radical (unpaired) electrons. The predicted octanol–water partition coefficient (Wildman–Crippen LogP) is 2.87. The highest BCUT2D eigenvalue weighted by Crippen LogP contribution is 2.28. The number of hydrogen-bond acceptors (Lipinski definition) is 5. The summed E-state index contributed by atoms with van der Waals surface area (Å²) in [7, 11) is 1.92. The number of anilines is 2. The van der Waals surface area contributed by atoms with Crippen LogP contribution in [0, 0.1) is 0 Å². The number of aryl methyl sites for hydroxylation is 1. The van der Waals surface area contributed by atoms with Crippen LogP contribution in [0.1, 0.15) is 10.4 Å². The molecule has 26 heavy (non-hydrogen) atoms. The van der Waals surface area contributed by atoms with Gasteiger partial charge >= 0.3 is 0 Å². The molecule has 3 aromatic heterocycles. The summed E-state index contributed by atoms with van der Waals surface area (Å²) in [6.45, 7) is 0. The zero-order chi connectivity index (χ0) is 18.1. The van der Waals surface area contributed by atoms with E-state index in [2.05, 4.69) is 20.3 Å². The molecular formula is C19H16N6O. The summed E-state index contributed by atoms with van der Waals surface area (Å²) in [6, 6.07) is 12.7. The zero-order valence-corrected chi connectivity index (χ0v) is 14.0. The molecule has 0 unspecified atom stereocenters. The van der Waals surface area contributed by atoms with E-state index in [1.165, 1.54) is 0 Å². The normalized spacial score (nSPS) is 10.8. The molecule has 0 aliphatic rings. The first-order valence-corrected chi connectivity index (χ1v) is 8.03. The van der Waals surface area contributed by atoms with E-state index in [-0.39, 0.29) is 0 Å². The molecule has 0 atom stereocenters. The van der Waals surface area contributed by atoms with Crippen LogP contribution in [0.4, 0.5) is 11.5 Å².